The Morgan fingerprint density at radius 1 is 1.26 bits per heavy atom. The van der Waals surface area contributed by atoms with Crippen molar-refractivity contribution in [3.63, 3.8) is 0 Å². The number of phenolic OH excluding ortho intramolecular Hbond substituents is 1. The van der Waals surface area contributed by atoms with Crippen LogP contribution < -0.4 is 4.74 Å². The maximum Gasteiger partial charge on any atom is 0.257 e. The lowest BCUT2D eigenvalue weighted by atomic mass is 9.85. The zero-order chi connectivity index (χ0) is 18.8. The summed E-state index contributed by atoms with van der Waals surface area (Å²) in [6, 6.07) is 5.55. The molecule has 144 valence electrons. The van der Waals surface area contributed by atoms with Gasteiger partial charge in [-0.05, 0) is 43.4 Å². The zero-order valence-electron chi connectivity index (χ0n) is 15.8. The molecule has 0 radical (unpaired) electrons. The van der Waals surface area contributed by atoms with Gasteiger partial charge in [0.1, 0.15) is 0 Å². The van der Waals surface area contributed by atoms with E-state index in [1.54, 1.807) is 18.3 Å². The molecule has 2 aliphatic rings. The summed E-state index contributed by atoms with van der Waals surface area (Å²) in [7, 11) is 1.53. The summed E-state index contributed by atoms with van der Waals surface area (Å²) in [5.41, 5.74) is 2.68. The molecule has 4 rings (SSSR count). The fourth-order valence-electron chi connectivity index (χ4n) is 4.09. The standard InChI is InChI=1S/C21H27N3O3/c1-27-19-11-14(7-10-18(19)25)13-24(16-8-9-16)21(26)17-12-22-23-20(17)15-5-3-2-4-6-15/h7,10-12,15-16,25H,2-6,8-9,13H2,1H3,(H,22,23). The van der Waals surface area contributed by atoms with E-state index in [0.717, 1.165) is 42.5 Å². The Balaban J connectivity index is 1.56. The van der Waals surface area contributed by atoms with E-state index in [-0.39, 0.29) is 17.7 Å². The highest BCUT2D eigenvalue weighted by molar-refractivity contribution is 5.95. The summed E-state index contributed by atoms with van der Waals surface area (Å²) >= 11 is 0. The number of rotatable bonds is 6. The van der Waals surface area contributed by atoms with Crippen LogP contribution in [0.4, 0.5) is 0 Å². The first-order chi connectivity index (χ1) is 13.2. The average Bonchev–Trinajstić information content (AvgIpc) is 3.42. The van der Waals surface area contributed by atoms with E-state index in [2.05, 4.69) is 10.2 Å². The summed E-state index contributed by atoms with van der Waals surface area (Å²) in [4.78, 5) is 15.3. The fourth-order valence-corrected chi connectivity index (χ4v) is 4.09. The second kappa shape index (κ2) is 7.62. The normalized spacial score (nSPS) is 17.7. The number of hydrogen-bond acceptors (Lipinski definition) is 4. The number of H-pyrrole nitrogens is 1. The number of benzene rings is 1. The number of amides is 1. The van der Waals surface area contributed by atoms with Crippen LogP contribution in [0.3, 0.4) is 0 Å². The van der Waals surface area contributed by atoms with Crippen LogP contribution in [-0.4, -0.2) is 39.3 Å². The van der Waals surface area contributed by atoms with E-state index in [1.807, 2.05) is 11.0 Å². The smallest absolute Gasteiger partial charge is 0.257 e. The van der Waals surface area contributed by atoms with Crippen molar-refractivity contribution in [2.24, 2.45) is 0 Å². The van der Waals surface area contributed by atoms with Gasteiger partial charge >= 0.3 is 0 Å². The number of hydrogen-bond donors (Lipinski definition) is 2. The van der Waals surface area contributed by atoms with Crippen LogP contribution >= 0.6 is 0 Å². The third-order valence-electron chi connectivity index (χ3n) is 5.76. The van der Waals surface area contributed by atoms with Gasteiger partial charge < -0.3 is 14.7 Å². The molecule has 2 saturated carbocycles. The summed E-state index contributed by atoms with van der Waals surface area (Å²) < 4.78 is 5.21. The zero-order valence-corrected chi connectivity index (χ0v) is 15.8. The first-order valence-corrected chi connectivity index (χ1v) is 9.87. The Morgan fingerprint density at radius 2 is 2.04 bits per heavy atom. The van der Waals surface area contributed by atoms with Gasteiger partial charge in [-0.25, -0.2) is 0 Å². The molecule has 2 fully saturated rings. The Morgan fingerprint density at radius 3 is 2.74 bits per heavy atom. The minimum absolute atomic E-state index is 0.0545. The molecular weight excluding hydrogens is 342 g/mol. The molecule has 0 aliphatic heterocycles. The summed E-state index contributed by atoms with van der Waals surface area (Å²) in [6.45, 7) is 0.509. The van der Waals surface area contributed by atoms with Crippen LogP contribution in [0.25, 0.3) is 0 Å². The second-order valence-electron chi connectivity index (χ2n) is 7.70. The molecule has 0 saturated heterocycles. The Hall–Kier alpha value is -2.50. The van der Waals surface area contributed by atoms with Gasteiger partial charge in [0.15, 0.2) is 11.5 Å². The molecule has 1 heterocycles. The quantitative estimate of drug-likeness (QED) is 0.807. The van der Waals surface area contributed by atoms with Gasteiger partial charge in [0, 0.05) is 18.5 Å². The number of aromatic hydroxyl groups is 1. The highest BCUT2D eigenvalue weighted by Crippen LogP contribution is 2.36. The summed E-state index contributed by atoms with van der Waals surface area (Å²) in [5.74, 6) is 1.01. The Labute approximate surface area is 159 Å². The minimum atomic E-state index is 0.0545. The van der Waals surface area contributed by atoms with Gasteiger partial charge in [-0.15, -0.1) is 0 Å². The number of nitrogens with one attached hydrogen (secondary N) is 1. The molecule has 2 aromatic rings. The van der Waals surface area contributed by atoms with E-state index in [1.165, 1.54) is 26.4 Å². The molecule has 0 bridgehead atoms. The van der Waals surface area contributed by atoms with E-state index < -0.39 is 0 Å². The average molecular weight is 369 g/mol. The van der Waals surface area contributed by atoms with Gasteiger partial charge in [-0.3, -0.25) is 9.89 Å². The molecule has 1 aromatic carbocycles. The predicted octanol–water partition coefficient (Wildman–Crippen LogP) is 3.98. The lowest BCUT2D eigenvalue weighted by Gasteiger charge is -2.25. The molecular formula is C21H27N3O3. The Bertz CT molecular complexity index is 807. The molecule has 0 spiro atoms. The summed E-state index contributed by atoms with van der Waals surface area (Å²) in [5, 5.41) is 17.1. The number of carbonyl (C=O) groups is 1. The van der Waals surface area contributed by atoms with Gasteiger partial charge in [0.25, 0.3) is 5.91 Å². The van der Waals surface area contributed by atoms with E-state index in [0.29, 0.717) is 18.2 Å². The Kier molecular flexibility index (Phi) is 5.05. The van der Waals surface area contributed by atoms with Crippen LogP contribution in [0.2, 0.25) is 0 Å². The van der Waals surface area contributed by atoms with E-state index in [9.17, 15) is 9.90 Å². The van der Waals surface area contributed by atoms with Crippen LogP contribution in [-0.2, 0) is 6.54 Å². The first-order valence-electron chi connectivity index (χ1n) is 9.87. The second-order valence-corrected chi connectivity index (χ2v) is 7.70. The maximum absolute atomic E-state index is 13.4. The number of carbonyl (C=O) groups excluding carboxylic acids is 1. The minimum Gasteiger partial charge on any atom is -0.504 e. The fraction of sp³-hybridized carbons (Fsp3) is 0.524. The van der Waals surface area contributed by atoms with Crippen molar-refractivity contribution >= 4 is 5.91 Å². The molecule has 2 N–H and O–H groups in total. The summed E-state index contributed by atoms with van der Waals surface area (Å²) in [6.07, 6.45) is 9.75. The number of aromatic amines is 1. The maximum atomic E-state index is 13.4. The van der Waals surface area contributed by atoms with E-state index in [4.69, 9.17) is 4.74 Å². The van der Waals surface area contributed by atoms with E-state index >= 15 is 0 Å². The number of nitrogens with zero attached hydrogens (tertiary/aromatic N) is 2. The first kappa shape index (κ1) is 17.9. The van der Waals surface area contributed by atoms with Crippen LogP contribution in [0, 0.1) is 0 Å². The molecule has 27 heavy (non-hydrogen) atoms. The molecule has 6 nitrogen and oxygen atoms in total. The number of ether oxygens (including phenoxy) is 1. The molecule has 2 aliphatic carbocycles. The van der Waals surface area contributed by atoms with Crippen molar-refractivity contribution in [2.45, 2.75) is 63.5 Å². The largest absolute Gasteiger partial charge is 0.504 e. The molecule has 0 atom stereocenters. The van der Waals surface area contributed by atoms with Crippen molar-refractivity contribution in [3.8, 4) is 11.5 Å². The SMILES string of the molecule is COc1cc(CN(C(=O)c2cn[nH]c2C2CCCCC2)C2CC2)ccc1O. The molecule has 1 amide bonds. The van der Waals surface area contributed by atoms with Crippen molar-refractivity contribution in [2.75, 3.05) is 7.11 Å². The van der Waals surface area contributed by atoms with Crippen molar-refractivity contribution < 1.29 is 14.6 Å². The van der Waals surface area contributed by atoms with Crippen LogP contribution in [0.5, 0.6) is 11.5 Å². The van der Waals surface area contributed by atoms with Gasteiger partial charge in [-0.2, -0.15) is 5.10 Å². The predicted molar refractivity (Wildman–Crippen MR) is 102 cm³/mol. The number of phenols is 1. The lowest BCUT2D eigenvalue weighted by molar-refractivity contribution is 0.0728. The van der Waals surface area contributed by atoms with Crippen LogP contribution in [0.1, 0.15) is 72.5 Å². The lowest BCUT2D eigenvalue weighted by Crippen LogP contribution is -2.33. The van der Waals surface area contributed by atoms with Crippen LogP contribution in [0.15, 0.2) is 24.4 Å². The van der Waals surface area contributed by atoms with Gasteiger partial charge in [-0.1, -0.05) is 25.3 Å². The van der Waals surface area contributed by atoms with Crippen molar-refractivity contribution in [1.29, 1.82) is 0 Å². The molecule has 0 unspecified atom stereocenters. The highest BCUT2D eigenvalue weighted by atomic mass is 16.5. The van der Waals surface area contributed by atoms with Crippen molar-refractivity contribution in [1.82, 2.24) is 15.1 Å². The third kappa shape index (κ3) is 3.80. The van der Waals surface area contributed by atoms with Gasteiger partial charge in [0.2, 0.25) is 0 Å². The van der Waals surface area contributed by atoms with Crippen molar-refractivity contribution in [3.05, 3.63) is 41.2 Å². The number of aromatic nitrogens is 2. The number of methoxy groups -OCH3 is 1. The molecule has 6 heteroatoms. The monoisotopic (exact) mass is 369 g/mol. The third-order valence-corrected chi connectivity index (χ3v) is 5.76. The highest BCUT2D eigenvalue weighted by Gasteiger charge is 2.35. The topological polar surface area (TPSA) is 78.5 Å². The molecule has 1 aromatic heterocycles. The van der Waals surface area contributed by atoms with Gasteiger partial charge in [0.05, 0.1) is 24.6 Å².